The number of aryl methyl sites for hydroxylation is 1. The minimum absolute atomic E-state index is 0.0573. The van der Waals surface area contributed by atoms with Gasteiger partial charge in [-0.3, -0.25) is 19.2 Å². The zero-order valence-electron chi connectivity index (χ0n) is 39.5. The average Bonchev–Trinajstić information content (AvgIpc) is 3.88. The number of aldehydes is 1. The molecule has 14 heteroatoms. The maximum atomic E-state index is 13.4. The van der Waals surface area contributed by atoms with Gasteiger partial charge >= 0.3 is 0 Å². The molecule has 13 nitrogen and oxygen atoms in total. The van der Waals surface area contributed by atoms with Gasteiger partial charge < -0.3 is 45.7 Å². The molecule has 0 bridgehead atoms. The molecule has 6 rings (SSSR count). The molecule has 3 unspecified atom stereocenters. The summed E-state index contributed by atoms with van der Waals surface area (Å²) in [5.74, 6) is 2.04. The van der Waals surface area contributed by atoms with Crippen molar-refractivity contribution in [3.05, 3.63) is 88.6 Å². The van der Waals surface area contributed by atoms with Crippen LogP contribution in [0.25, 0.3) is 10.9 Å². The maximum absolute atomic E-state index is 13.4. The van der Waals surface area contributed by atoms with Gasteiger partial charge in [-0.05, 0) is 125 Å². The van der Waals surface area contributed by atoms with Crippen LogP contribution in [0.15, 0.2) is 66.9 Å². The lowest BCUT2D eigenvalue weighted by molar-refractivity contribution is -0.138. The highest BCUT2D eigenvalue weighted by molar-refractivity contribution is 6.31. The number of nitrogens with two attached hydrogens (primary N) is 1. The molecule has 4 aromatic rings. The lowest BCUT2D eigenvalue weighted by atomic mass is 9.79. The number of H-pyrrole nitrogens is 1. The summed E-state index contributed by atoms with van der Waals surface area (Å²) in [7, 11) is 3.65. The molecule has 3 heterocycles. The highest BCUT2D eigenvalue weighted by Crippen LogP contribution is 2.35. The van der Waals surface area contributed by atoms with Crippen molar-refractivity contribution in [1.82, 2.24) is 25.4 Å². The molecule has 0 saturated carbocycles. The summed E-state index contributed by atoms with van der Waals surface area (Å²) < 4.78 is 10.6. The second kappa shape index (κ2) is 30.9. The Balaban J connectivity index is 0.000000428. The second-order valence-corrected chi connectivity index (χ2v) is 16.2. The number of aromatic nitrogens is 1. The fraction of sp³-hybridized carbons (Fsp3) is 0.520. The molecule has 0 aliphatic carbocycles. The average molecular weight is 908 g/mol. The van der Waals surface area contributed by atoms with Crippen LogP contribution in [0.1, 0.15) is 95.1 Å². The van der Waals surface area contributed by atoms with Crippen LogP contribution in [-0.2, 0) is 27.2 Å². The Labute approximate surface area is 386 Å². The van der Waals surface area contributed by atoms with Crippen LogP contribution in [0.3, 0.4) is 0 Å². The SMILES string of the molecule is CC.CC.CN1CC2CN(C(=O)Cc3c[nH]c4cc(Cl)ccc34)CC(C(=O)NCCCCc3cccc(O)c3)C2C1.COc1cc(C=O)ccc1OC(C)C.NCCCCCNC=O. The summed E-state index contributed by atoms with van der Waals surface area (Å²) in [5.41, 5.74) is 8.81. The molecule has 6 N–H and O–H groups in total. The first kappa shape index (κ1) is 55.0. The number of carbonyl (C=O) groups excluding carboxylic acids is 4. The molecule has 3 aromatic carbocycles. The lowest BCUT2D eigenvalue weighted by Gasteiger charge is -2.39. The van der Waals surface area contributed by atoms with Crippen molar-refractivity contribution in [3.8, 4) is 17.2 Å². The van der Waals surface area contributed by atoms with Gasteiger partial charge in [-0.25, -0.2) is 0 Å². The Morgan fingerprint density at radius 3 is 2.34 bits per heavy atom. The number of piperidine rings is 1. The number of halogens is 1. The topological polar surface area (TPSA) is 179 Å². The molecule has 354 valence electrons. The molecule has 2 aliphatic rings. The Kier molecular flexibility index (Phi) is 26.6. The number of nitrogens with zero attached hydrogens (tertiary/aromatic N) is 2. The summed E-state index contributed by atoms with van der Waals surface area (Å²) in [6, 6.07) is 18.1. The van der Waals surface area contributed by atoms with Crippen molar-refractivity contribution < 1.29 is 33.8 Å². The van der Waals surface area contributed by atoms with E-state index in [-0.39, 0.29) is 35.5 Å². The van der Waals surface area contributed by atoms with Gasteiger partial charge in [0.25, 0.3) is 0 Å². The molecule has 1 aromatic heterocycles. The van der Waals surface area contributed by atoms with Crippen molar-refractivity contribution >= 4 is 47.0 Å². The van der Waals surface area contributed by atoms with E-state index in [2.05, 4.69) is 27.6 Å². The van der Waals surface area contributed by atoms with Crippen molar-refractivity contribution in [2.45, 2.75) is 92.6 Å². The molecule has 2 saturated heterocycles. The number of nitrogens with one attached hydrogen (secondary N) is 3. The zero-order chi connectivity index (χ0) is 47.4. The molecule has 2 aliphatic heterocycles. The van der Waals surface area contributed by atoms with E-state index in [1.54, 1.807) is 37.4 Å². The number of unbranched alkanes of at least 4 members (excludes halogenated alkanes) is 3. The molecular weight excluding hydrogens is 832 g/mol. The number of amides is 3. The van der Waals surface area contributed by atoms with Crippen LogP contribution < -0.4 is 25.8 Å². The maximum Gasteiger partial charge on any atom is 0.227 e. The number of likely N-dealkylation sites (tertiary alicyclic amines) is 2. The first-order valence-electron chi connectivity index (χ1n) is 22.9. The van der Waals surface area contributed by atoms with E-state index in [4.69, 9.17) is 26.8 Å². The predicted molar refractivity (Wildman–Crippen MR) is 259 cm³/mol. The summed E-state index contributed by atoms with van der Waals surface area (Å²) in [4.78, 5) is 54.3. The molecule has 0 spiro atoms. The minimum atomic E-state index is -0.194. The Morgan fingerprint density at radius 2 is 1.67 bits per heavy atom. The zero-order valence-corrected chi connectivity index (χ0v) is 40.2. The number of fused-ring (bicyclic) bond motifs is 2. The van der Waals surface area contributed by atoms with Crippen molar-refractivity contribution in [3.63, 3.8) is 0 Å². The molecule has 2 fully saturated rings. The smallest absolute Gasteiger partial charge is 0.227 e. The van der Waals surface area contributed by atoms with Gasteiger partial charge in [-0.1, -0.05) is 63.9 Å². The molecule has 3 amide bonds. The quantitative estimate of drug-likeness (QED) is 0.0488. The number of benzene rings is 3. The summed E-state index contributed by atoms with van der Waals surface area (Å²) in [5, 5.41) is 17.0. The fourth-order valence-electron chi connectivity index (χ4n) is 7.78. The van der Waals surface area contributed by atoms with Gasteiger partial charge in [-0.15, -0.1) is 0 Å². The number of rotatable bonds is 18. The summed E-state index contributed by atoms with van der Waals surface area (Å²) in [6.45, 7) is 17.0. The van der Waals surface area contributed by atoms with E-state index in [1.807, 2.05) is 83.0 Å². The second-order valence-electron chi connectivity index (χ2n) is 15.8. The van der Waals surface area contributed by atoms with Crippen LogP contribution in [-0.4, -0.2) is 110 Å². The third-order valence-electron chi connectivity index (χ3n) is 10.7. The van der Waals surface area contributed by atoms with Gasteiger partial charge in [0.2, 0.25) is 18.2 Å². The van der Waals surface area contributed by atoms with Gasteiger partial charge in [-0.2, -0.15) is 0 Å². The van der Waals surface area contributed by atoms with E-state index >= 15 is 0 Å². The fourth-order valence-corrected chi connectivity index (χ4v) is 7.96. The number of aromatic amines is 1. The molecule has 64 heavy (non-hydrogen) atoms. The van der Waals surface area contributed by atoms with Gasteiger partial charge in [0, 0.05) is 67.0 Å². The van der Waals surface area contributed by atoms with Crippen LogP contribution in [0.2, 0.25) is 5.02 Å². The number of carbonyl (C=O) groups is 4. The van der Waals surface area contributed by atoms with E-state index in [0.29, 0.717) is 54.1 Å². The monoisotopic (exact) mass is 907 g/mol. The number of hydrogen-bond acceptors (Lipinski definition) is 9. The lowest BCUT2D eigenvalue weighted by Crippen LogP contribution is -2.53. The largest absolute Gasteiger partial charge is 0.508 e. The highest BCUT2D eigenvalue weighted by Gasteiger charge is 2.45. The standard InChI is InChI=1S/C29H35ClN4O3.C11H14O3.C6H14N2O.2C2H6/c1-33-15-21-16-34(28(36)12-20-14-32-27-13-22(30)8-9-24(20)27)18-26(25(21)17-33)29(37)31-10-3-2-5-19-6-4-7-23(35)11-19;1-8(2)14-10-5-4-9(7-12)6-11(10)13-3;7-4-2-1-3-5-8-6-9;2*1-2/h4,6-9,11,13-14,21,25-26,32,35H,2-3,5,10,12,15-18H2,1H3,(H,31,37);4-8H,1-3H3;6H,1-5,7H2,(H,8,9);2*1-2H3. The predicted octanol–water partition coefficient (Wildman–Crippen LogP) is 8.05. The first-order valence-corrected chi connectivity index (χ1v) is 23.3. The molecule has 3 atom stereocenters. The van der Waals surface area contributed by atoms with Crippen molar-refractivity contribution in [2.75, 3.05) is 60.0 Å². The van der Waals surface area contributed by atoms with Gasteiger partial charge in [0.15, 0.2) is 11.5 Å². The van der Waals surface area contributed by atoms with E-state index in [0.717, 1.165) is 99.4 Å². The Morgan fingerprint density at radius 1 is 0.922 bits per heavy atom. The van der Waals surface area contributed by atoms with Crippen LogP contribution in [0.4, 0.5) is 0 Å². The summed E-state index contributed by atoms with van der Waals surface area (Å²) >= 11 is 6.11. The van der Waals surface area contributed by atoms with Crippen molar-refractivity contribution in [1.29, 1.82) is 0 Å². The van der Waals surface area contributed by atoms with Crippen molar-refractivity contribution in [2.24, 2.45) is 23.5 Å². The Hall–Kier alpha value is -5.11. The number of methoxy groups -OCH3 is 1. The molecular formula is C50H75ClN6O7. The number of phenolic OH excluding ortho intramolecular Hbond substituents is 1. The van der Waals surface area contributed by atoms with E-state index in [1.165, 1.54) is 0 Å². The van der Waals surface area contributed by atoms with Crippen LogP contribution in [0.5, 0.6) is 17.2 Å². The summed E-state index contributed by atoms with van der Waals surface area (Å²) in [6.07, 6.45) is 9.65. The normalized spacial score (nSPS) is 16.2. The third-order valence-corrected chi connectivity index (χ3v) is 11.0. The number of phenols is 1. The highest BCUT2D eigenvalue weighted by atomic mass is 35.5. The van der Waals surface area contributed by atoms with Crippen LogP contribution >= 0.6 is 11.6 Å². The van der Waals surface area contributed by atoms with Crippen LogP contribution in [0, 0.1) is 17.8 Å². The number of aromatic hydroxyl groups is 1. The minimum Gasteiger partial charge on any atom is -0.508 e. The number of ether oxygens (including phenoxy) is 2. The van der Waals surface area contributed by atoms with E-state index < -0.39 is 0 Å². The first-order chi connectivity index (χ1) is 31.0. The van der Waals surface area contributed by atoms with Gasteiger partial charge in [0.05, 0.1) is 25.6 Å². The van der Waals surface area contributed by atoms with Gasteiger partial charge in [0.1, 0.15) is 12.0 Å². The Bertz CT molecular complexity index is 1970. The third kappa shape index (κ3) is 18.5. The number of hydrogen-bond donors (Lipinski definition) is 5. The molecule has 0 radical (unpaired) electrons. The van der Waals surface area contributed by atoms with E-state index in [9.17, 15) is 24.3 Å².